The molecule has 0 amide bonds. The van der Waals surface area contributed by atoms with E-state index in [-0.39, 0.29) is 0 Å². The van der Waals surface area contributed by atoms with Crippen LogP contribution in [-0.2, 0) is 6.42 Å². The fourth-order valence-electron chi connectivity index (χ4n) is 2.23. The Morgan fingerprint density at radius 1 is 1.11 bits per heavy atom. The van der Waals surface area contributed by atoms with E-state index in [0.717, 1.165) is 29.5 Å². The molecule has 0 aliphatic rings. The molecule has 0 radical (unpaired) electrons. The van der Waals surface area contributed by atoms with Crippen LogP contribution in [0.5, 0.6) is 0 Å². The minimum absolute atomic E-state index is 0.364. The maximum atomic E-state index is 11.3. The first-order valence-electron chi connectivity index (χ1n) is 6.55. The first-order chi connectivity index (χ1) is 9.11. The molecule has 98 valence electrons. The van der Waals surface area contributed by atoms with E-state index in [9.17, 15) is 9.90 Å². The molecule has 2 aromatic carbocycles. The van der Waals surface area contributed by atoms with Crippen molar-refractivity contribution >= 4 is 5.97 Å². The number of aryl methyl sites for hydroxylation is 2. The Bertz CT molecular complexity index is 583. The number of aromatic carboxylic acids is 1. The molecule has 0 fully saturated rings. The molecule has 2 nitrogen and oxygen atoms in total. The van der Waals surface area contributed by atoms with Gasteiger partial charge in [-0.2, -0.15) is 0 Å². The van der Waals surface area contributed by atoms with Gasteiger partial charge in [0.15, 0.2) is 0 Å². The highest BCUT2D eigenvalue weighted by molar-refractivity contribution is 5.96. The molecule has 0 aliphatic carbocycles. The number of benzene rings is 2. The summed E-state index contributed by atoms with van der Waals surface area (Å²) < 4.78 is 0. The number of carboxylic acid groups (broad SMARTS) is 1. The average molecular weight is 254 g/mol. The summed E-state index contributed by atoms with van der Waals surface area (Å²) in [7, 11) is 0. The topological polar surface area (TPSA) is 37.3 Å². The smallest absolute Gasteiger partial charge is 0.336 e. The van der Waals surface area contributed by atoms with Crippen molar-refractivity contribution in [2.75, 3.05) is 0 Å². The minimum atomic E-state index is -0.878. The Balaban J connectivity index is 2.43. The van der Waals surface area contributed by atoms with E-state index in [1.165, 1.54) is 5.56 Å². The zero-order chi connectivity index (χ0) is 13.8. The summed E-state index contributed by atoms with van der Waals surface area (Å²) >= 11 is 0. The predicted octanol–water partition coefficient (Wildman–Crippen LogP) is 4.31. The van der Waals surface area contributed by atoms with Gasteiger partial charge in [0.2, 0.25) is 0 Å². The second-order valence-corrected chi connectivity index (χ2v) is 4.80. The summed E-state index contributed by atoms with van der Waals surface area (Å²) in [5.41, 5.74) is 4.35. The molecule has 2 rings (SSSR count). The zero-order valence-electron chi connectivity index (χ0n) is 11.3. The van der Waals surface area contributed by atoms with E-state index in [4.69, 9.17) is 0 Å². The van der Waals surface area contributed by atoms with E-state index < -0.39 is 5.97 Å². The van der Waals surface area contributed by atoms with Gasteiger partial charge in [0, 0.05) is 0 Å². The molecule has 0 aliphatic heterocycles. The van der Waals surface area contributed by atoms with E-state index in [1.54, 1.807) is 6.07 Å². The van der Waals surface area contributed by atoms with Crippen molar-refractivity contribution in [2.24, 2.45) is 0 Å². The van der Waals surface area contributed by atoms with Gasteiger partial charge in [-0.3, -0.25) is 0 Å². The van der Waals surface area contributed by atoms with Crippen molar-refractivity contribution in [2.45, 2.75) is 26.7 Å². The van der Waals surface area contributed by atoms with Crippen LogP contribution < -0.4 is 0 Å². The van der Waals surface area contributed by atoms with Crippen LogP contribution in [0.25, 0.3) is 11.1 Å². The number of rotatable bonds is 4. The molecule has 0 saturated heterocycles. The molecule has 0 aromatic heterocycles. The Morgan fingerprint density at radius 3 is 2.37 bits per heavy atom. The summed E-state index contributed by atoms with van der Waals surface area (Å²) in [6.07, 6.45) is 2.17. The van der Waals surface area contributed by atoms with Gasteiger partial charge in [-0.05, 0) is 36.1 Å². The highest BCUT2D eigenvalue weighted by Crippen LogP contribution is 2.25. The molecule has 0 spiro atoms. The van der Waals surface area contributed by atoms with Gasteiger partial charge in [0.25, 0.3) is 0 Å². The van der Waals surface area contributed by atoms with Crippen LogP contribution in [0.1, 0.15) is 34.8 Å². The van der Waals surface area contributed by atoms with Crippen LogP contribution in [0, 0.1) is 6.92 Å². The third-order valence-electron chi connectivity index (χ3n) is 3.21. The summed E-state index contributed by atoms with van der Waals surface area (Å²) in [5, 5.41) is 9.29. The lowest BCUT2D eigenvalue weighted by Crippen LogP contribution is -2.00. The van der Waals surface area contributed by atoms with E-state index in [0.29, 0.717) is 5.56 Å². The molecule has 0 heterocycles. The maximum absolute atomic E-state index is 11.3. The Hall–Kier alpha value is -2.09. The predicted molar refractivity (Wildman–Crippen MR) is 77.6 cm³/mol. The number of hydrogen-bond acceptors (Lipinski definition) is 1. The zero-order valence-corrected chi connectivity index (χ0v) is 11.3. The normalized spacial score (nSPS) is 10.4. The lowest BCUT2D eigenvalue weighted by Gasteiger charge is -2.08. The highest BCUT2D eigenvalue weighted by atomic mass is 16.4. The first kappa shape index (κ1) is 13.3. The van der Waals surface area contributed by atoms with Gasteiger partial charge in [-0.1, -0.05) is 55.3 Å². The standard InChI is InChI=1S/C17H18O2/c1-3-4-13-6-8-14(9-7-13)15-10-5-12(2)11-16(15)17(18)19/h5-11H,3-4H2,1-2H3,(H,18,19). The fourth-order valence-corrected chi connectivity index (χ4v) is 2.23. The van der Waals surface area contributed by atoms with Crippen LogP contribution in [0.4, 0.5) is 0 Å². The van der Waals surface area contributed by atoms with Crippen LogP contribution in [-0.4, -0.2) is 11.1 Å². The monoisotopic (exact) mass is 254 g/mol. The quantitative estimate of drug-likeness (QED) is 0.882. The lowest BCUT2D eigenvalue weighted by atomic mass is 9.96. The van der Waals surface area contributed by atoms with Crippen molar-refractivity contribution in [1.29, 1.82) is 0 Å². The largest absolute Gasteiger partial charge is 0.478 e. The molecule has 0 bridgehead atoms. The van der Waals surface area contributed by atoms with Crippen LogP contribution in [0.2, 0.25) is 0 Å². The van der Waals surface area contributed by atoms with Gasteiger partial charge >= 0.3 is 5.97 Å². The molecular weight excluding hydrogens is 236 g/mol. The molecule has 0 atom stereocenters. The van der Waals surface area contributed by atoms with E-state index in [2.05, 4.69) is 19.1 Å². The summed E-state index contributed by atoms with van der Waals surface area (Å²) in [6.45, 7) is 4.05. The first-order valence-corrected chi connectivity index (χ1v) is 6.55. The van der Waals surface area contributed by atoms with E-state index >= 15 is 0 Å². The van der Waals surface area contributed by atoms with Crippen molar-refractivity contribution in [3.63, 3.8) is 0 Å². The number of hydrogen-bond donors (Lipinski definition) is 1. The maximum Gasteiger partial charge on any atom is 0.336 e. The minimum Gasteiger partial charge on any atom is -0.478 e. The second-order valence-electron chi connectivity index (χ2n) is 4.80. The molecule has 0 saturated carbocycles. The molecular formula is C17H18O2. The van der Waals surface area contributed by atoms with Crippen molar-refractivity contribution in [3.05, 3.63) is 59.2 Å². The van der Waals surface area contributed by atoms with Crippen LogP contribution in [0.3, 0.4) is 0 Å². The van der Waals surface area contributed by atoms with Crippen LogP contribution >= 0.6 is 0 Å². The molecule has 2 heteroatoms. The number of carboxylic acids is 1. The lowest BCUT2D eigenvalue weighted by molar-refractivity contribution is 0.0697. The Morgan fingerprint density at radius 2 is 1.79 bits per heavy atom. The molecule has 1 N–H and O–H groups in total. The third-order valence-corrected chi connectivity index (χ3v) is 3.21. The average Bonchev–Trinajstić information content (AvgIpc) is 2.40. The fraction of sp³-hybridized carbons (Fsp3) is 0.235. The second kappa shape index (κ2) is 5.70. The third kappa shape index (κ3) is 3.02. The molecule has 2 aromatic rings. The van der Waals surface area contributed by atoms with Crippen molar-refractivity contribution in [3.8, 4) is 11.1 Å². The van der Waals surface area contributed by atoms with Gasteiger partial charge in [-0.15, -0.1) is 0 Å². The van der Waals surface area contributed by atoms with Crippen molar-refractivity contribution < 1.29 is 9.90 Å². The molecule has 0 unspecified atom stereocenters. The number of carbonyl (C=O) groups is 1. The van der Waals surface area contributed by atoms with Gasteiger partial charge < -0.3 is 5.11 Å². The Labute approximate surface area is 113 Å². The SMILES string of the molecule is CCCc1ccc(-c2ccc(C)cc2C(=O)O)cc1. The Kier molecular flexibility index (Phi) is 4.00. The van der Waals surface area contributed by atoms with E-state index in [1.807, 2.05) is 31.2 Å². The van der Waals surface area contributed by atoms with Gasteiger partial charge in [0.1, 0.15) is 0 Å². The van der Waals surface area contributed by atoms with Gasteiger partial charge in [0.05, 0.1) is 5.56 Å². The summed E-state index contributed by atoms with van der Waals surface area (Å²) in [4.78, 5) is 11.3. The summed E-state index contributed by atoms with van der Waals surface area (Å²) in [5.74, 6) is -0.878. The highest BCUT2D eigenvalue weighted by Gasteiger charge is 2.11. The van der Waals surface area contributed by atoms with Gasteiger partial charge in [-0.25, -0.2) is 4.79 Å². The van der Waals surface area contributed by atoms with Crippen LogP contribution in [0.15, 0.2) is 42.5 Å². The summed E-state index contributed by atoms with van der Waals surface area (Å²) in [6, 6.07) is 13.7. The van der Waals surface area contributed by atoms with Crippen molar-refractivity contribution in [1.82, 2.24) is 0 Å². The molecule has 19 heavy (non-hydrogen) atoms.